The molecule has 0 unspecified atom stereocenters. The zero-order valence-electron chi connectivity index (χ0n) is 13.5. The average Bonchev–Trinajstić information content (AvgIpc) is 2.57. The molecule has 0 atom stereocenters. The van der Waals surface area contributed by atoms with Gasteiger partial charge in [0.2, 0.25) is 5.91 Å². The fraction of sp³-hybridized carbons (Fsp3) is 0.632. The third-order valence-corrected chi connectivity index (χ3v) is 5.26. The number of hydrogen-bond acceptors (Lipinski definition) is 2. The first kappa shape index (κ1) is 15.5. The minimum atomic E-state index is 0.394. The normalized spacial score (nSPS) is 21.0. The molecule has 22 heavy (non-hydrogen) atoms. The lowest BCUT2D eigenvalue weighted by Crippen LogP contribution is -2.40. The molecule has 1 N–H and O–H groups in total. The summed E-state index contributed by atoms with van der Waals surface area (Å²) in [6.45, 7) is 4.08. The van der Waals surface area contributed by atoms with Gasteiger partial charge in [0.25, 0.3) is 0 Å². The van der Waals surface area contributed by atoms with Gasteiger partial charge in [0.15, 0.2) is 0 Å². The van der Waals surface area contributed by atoms with Crippen LogP contribution in [0.4, 0.5) is 0 Å². The van der Waals surface area contributed by atoms with Crippen molar-refractivity contribution in [2.45, 2.75) is 38.5 Å². The fourth-order valence-corrected chi connectivity index (χ4v) is 3.80. The number of likely N-dealkylation sites (tertiary alicyclic amines) is 1. The Morgan fingerprint density at radius 1 is 1.00 bits per heavy atom. The lowest BCUT2D eigenvalue weighted by molar-refractivity contribution is -0.133. The Kier molecular flexibility index (Phi) is 5.49. The molecule has 3 nitrogen and oxygen atoms in total. The summed E-state index contributed by atoms with van der Waals surface area (Å²) < 4.78 is 0. The second-order valence-corrected chi connectivity index (χ2v) is 6.91. The maximum atomic E-state index is 12.4. The minimum Gasteiger partial charge on any atom is -0.343 e. The van der Waals surface area contributed by atoms with E-state index < -0.39 is 0 Å². The van der Waals surface area contributed by atoms with Gasteiger partial charge in [-0.1, -0.05) is 30.3 Å². The Morgan fingerprint density at radius 3 is 2.36 bits per heavy atom. The van der Waals surface area contributed by atoms with Crippen molar-refractivity contribution < 1.29 is 4.79 Å². The minimum absolute atomic E-state index is 0.394. The largest absolute Gasteiger partial charge is 0.343 e. The van der Waals surface area contributed by atoms with E-state index >= 15 is 0 Å². The summed E-state index contributed by atoms with van der Waals surface area (Å²) in [6, 6.07) is 10.7. The van der Waals surface area contributed by atoms with Gasteiger partial charge in [-0.3, -0.25) is 4.79 Å². The Morgan fingerprint density at radius 2 is 1.68 bits per heavy atom. The molecule has 1 aromatic rings. The Balaban J connectivity index is 1.42. The Hall–Kier alpha value is -1.35. The van der Waals surface area contributed by atoms with Crippen molar-refractivity contribution in [3.8, 4) is 0 Å². The van der Waals surface area contributed by atoms with Crippen molar-refractivity contribution in [1.29, 1.82) is 0 Å². The van der Waals surface area contributed by atoms with Crippen LogP contribution in [0, 0.1) is 11.8 Å². The van der Waals surface area contributed by atoms with E-state index in [1.807, 2.05) is 0 Å². The quantitative estimate of drug-likeness (QED) is 0.927. The molecular formula is C19H28N2O. The van der Waals surface area contributed by atoms with Crippen LogP contribution in [0.3, 0.4) is 0 Å². The molecule has 0 spiro atoms. The van der Waals surface area contributed by atoms with E-state index in [1.54, 1.807) is 0 Å². The highest BCUT2D eigenvalue weighted by molar-refractivity contribution is 5.76. The summed E-state index contributed by atoms with van der Waals surface area (Å²) in [5.74, 6) is 1.74. The van der Waals surface area contributed by atoms with Crippen LogP contribution in [0.2, 0.25) is 0 Å². The van der Waals surface area contributed by atoms with Crippen molar-refractivity contribution >= 4 is 5.91 Å². The van der Waals surface area contributed by atoms with Crippen LogP contribution in [0.15, 0.2) is 30.3 Å². The predicted molar refractivity (Wildman–Crippen MR) is 89.7 cm³/mol. The molecule has 2 heterocycles. The number of carbonyl (C=O) groups excluding carboxylic acids is 1. The molecular weight excluding hydrogens is 272 g/mol. The first-order chi connectivity index (χ1) is 10.8. The monoisotopic (exact) mass is 300 g/mol. The average molecular weight is 300 g/mol. The Labute approximate surface area is 134 Å². The zero-order valence-corrected chi connectivity index (χ0v) is 13.5. The summed E-state index contributed by atoms with van der Waals surface area (Å²) in [5, 5.41) is 3.37. The van der Waals surface area contributed by atoms with Gasteiger partial charge >= 0.3 is 0 Å². The lowest BCUT2D eigenvalue weighted by atomic mass is 9.89. The molecule has 0 aromatic heterocycles. The number of rotatable bonds is 4. The maximum absolute atomic E-state index is 12.4. The molecule has 2 aliphatic heterocycles. The van der Waals surface area contributed by atoms with Gasteiger partial charge in [-0.05, 0) is 62.6 Å². The third kappa shape index (κ3) is 4.33. The van der Waals surface area contributed by atoms with Crippen LogP contribution in [0.25, 0.3) is 0 Å². The fourth-order valence-electron chi connectivity index (χ4n) is 3.80. The van der Waals surface area contributed by atoms with E-state index in [1.165, 1.54) is 5.56 Å². The predicted octanol–water partition coefficient (Wildman–Crippen LogP) is 2.86. The molecule has 3 rings (SSSR count). The van der Waals surface area contributed by atoms with E-state index in [-0.39, 0.29) is 0 Å². The van der Waals surface area contributed by atoms with Gasteiger partial charge in [0.05, 0.1) is 0 Å². The van der Waals surface area contributed by atoms with E-state index in [2.05, 4.69) is 40.5 Å². The summed E-state index contributed by atoms with van der Waals surface area (Å²) >= 11 is 0. The highest BCUT2D eigenvalue weighted by Gasteiger charge is 2.25. The molecule has 3 heteroatoms. The number of amides is 1. The number of benzene rings is 1. The molecule has 1 amide bonds. The molecule has 2 saturated heterocycles. The van der Waals surface area contributed by atoms with Crippen LogP contribution < -0.4 is 5.32 Å². The number of nitrogens with zero attached hydrogens (tertiary/aromatic N) is 1. The summed E-state index contributed by atoms with van der Waals surface area (Å²) in [7, 11) is 0. The van der Waals surface area contributed by atoms with Crippen LogP contribution >= 0.6 is 0 Å². The molecule has 2 fully saturated rings. The van der Waals surface area contributed by atoms with Gasteiger partial charge in [-0.2, -0.15) is 0 Å². The summed E-state index contributed by atoms with van der Waals surface area (Å²) in [4.78, 5) is 14.6. The molecule has 0 aliphatic carbocycles. The van der Waals surface area contributed by atoms with E-state index in [9.17, 15) is 4.79 Å². The molecule has 1 aromatic carbocycles. The topological polar surface area (TPSA) is 32.3 Å². The van der Waals surface area contributed by atoms with Crippen LogP contribution in [0.5, 0.6) is 0 Å². The van der Waals surface area contributed by atoms with Crippen molar-refractivity contribution in [2.75, 3.05) is 26.2 Å². The van der Waals surface area contributed by atoms with Crippen molar-refractivity contribution in [2.24, 2.45) is 11.8 Å². The number of nitrogens with one attached hydrogen (secondary N) is 1. The van der Waals surface area contributed by atoms with Crippen molar-refractivity contribution in [1.82, 2.24) is 10.2 Å². The second-order valence-electron chi connectivity index (χ2n) is 6.91. The van der Waals surface area contributed by atoms with Crippen molar-refractivity contribution in [3.63, 3.8) is 0 Å². The first-order valence-corrected chi connectivity index (χ1v) is 8.83. The van der Waals surface area contributed by atoms with Gasteiger partial charge in [0, 0.05) is 19.5 Å². The van der Waals surface area contributed by atoms with Gasteiger partial charge in [-0.25, -0.2) is 0 Å². The molecule has 120 valence electrons. The summed E-state index contributed by atoms with van der Waals surface area (Å²) in [5.41, 5.74) is 1.43. The van der Waals surface area contributed by atoms with Gasteiger partial charge in [0.1, 0.15) is 0 Å². The van der Waals surface area contributed by atoms with E-state index in [0.717, 1.165) is 70.6 Å². The zero-order chi connectivity index (χ0) is 15.2. The highest BCUT2D eigenvalue weighted by Crippen LogP contribution is 2.24. The SMILES string of the molecule is O=C(CC1CCNCC1)N1CCC(Cc2ccccc2)CC1. The van der Waals surface area contributed by atoms with Gasteiger partial charge < -0.3 is 10.2 Å². The lowest BCUT2D eigenvalue weighted by Gasteiger charge is -2.33. The van der Waals surface area contributed by atoms with Crippen LogP contribution in [0.1, 0.15) is 37.7 Å². The van der Waals surface area contributed by atoms with E-state index in [0.29, 0.717) is 11.8 Å². The molecule has 0 saturated carbocycles. The van der Waals surface area contributed by atoms with Crippen molar-refractivity contribution in [3.05, 3.63) is 35.9 Å². The number of hydrogen-bond donors (Lipinski definition) is 1. The van der Waals surface area contributed by atoms with Crippen LogP contribution in [-0.2, 0) is 11.2 Å². The molecule has 2 aliphatic rings. The van der Waals surface area contributed by atoms with Gasteiger partial charge in [-0.15, -0.1) is 0 Å². The number of piperidine rings is 2. The third-order valence-electron chi connectivity index (χ3n) is 5.26. The van der Waals surface area contributed by atoms with E-state index in [4.69, 9.17) is 0 Å². The Bertz CT molecular complexity index is 460. The standard InChI is InChI=1S/C19H28N2O/c22-19(15-17-6-10-20-11-7-17)21-12-8-18(9-13-21)14-16-4-2-1-3-5-16/h1-5,17-18,20H,6-15H2. The maximum Gasteiger partial charge on any atom is 0.222 e. The van der Waals surface area contributed by atoms with Crippen LogP contribution in [-0.4, -0.2) is 37.0 Å². The smallest absolute Gasteiger partial charge is 0.222 e. The second kappa shape index (κ2) is 7.77. The molecule has 0 radical (unpaired) electrons. The molecule has 0 bridgehead atoms. The highest BCUT2D eigenvalue weighted by atomic mass is 16.2. The first-order valence-electron chi connectivity index (χ1n) is 8.83. The summed E-state index contributed by atoms with van der Waals surface area (Å²) in [6.07, 6.45) is 6.58. The number of carbonyl (C=O) groups is 1.